The van der Waals surface area contributed by atoms with Crippen LogP contribution < -0.4 is 9.62 Å². The van der Waals surface area contributed by atoms with Gasteiger partial charge in [-0.05, 0) is 63.9 Å². The van der Waals surface area contributed by atoms with E-state index in [1.165, 1.54) is 50.7 Å². The van der Waals surface area contributed by atoms with Crippen molar-refractivity contribution in [3.05, 3.63) is 60.8 Å². The van der Waals surface area contributed by atoms with E-state index in [0.717, 1.165) is 56.0 Å². The summed E-state index contributed by atoms with van der Waals surface area (Å²) in [7, 11) is 2.07. The monoisotopic (exact) mass is 669 g/mol. The summed E-state index contributed by atoms with van der Waals surface area (Å²) in [5, 5.41) is 0. The maximum absolute atomic E-state index is 15.7. The van der Waals surface area contributed by atoms with Gasteiger partial charge in [-0.25, -0.2) is 23.7 Å². The molecule has 0 spiro atoms. The number of hydrogen-bond acceptors (Lipinski definition) is 8. The molecule has 258 valence electrons. The second-order valence-corrected chi connectivity index (χ2v) is 12.1. The summed E-state index contributed by atoms with van der Waals surface area (Å²) >= 11 is 1.40. The zero-order chi connectivity index (χ0) is 34.9. The first-order valence-electron chi connectivity index (χ1n) is 16.7. The number of carbonyl (C=O) groups excluding carboxylic acids is 1. The van der Waals surface area contributed by atoms with E-state index in [9.17, 15) is 4.79 Å². The van der Waals surface area contributed by atoms with Crippen molar-refractivity contribution in [3.63, 3.8) is 0 Å². The average Bonchev–Trinajstić information content (AvgIpc) is 3.45. The van der Waals surface area contributed by atoms with Crippen molar-refractivity contribution in [3.8, 4) is 16.8 Å². The molecule has 5 rings (SSSR count). The Labute approximate surface area is 284 Å². The highest BCUT2D eigenvalue weighted by Gasteiger charge is 2.25. The summed E-state index contributed by atoms with van der Waals surface area (Å²) in [4.78, 5) is 27.5. The normalized spacial score (nSPS) is 13.0. The van der Waals surface area contributed by atoms with E-state index in [4.69, 9.17) is 4.98 Å². The molecule has 0 saturated carbocycles. The lowest BCUT2D eigenvalue weighted by Crippen LogP contribution is -2.43. The smallest absolute Gasteiger partial charge is 0.174 e. The number of fused-ring (bicyclic) bond motifs is 1. The second-order valence-electron chi connectivity index (χ2n) is 11.2. The largest absolute Gasteiger partial charge is 0.357 e. The number of halogens is 2. The van der Waals surface area contributed by atoms with Crippen LogP contribution in [-0.2, 0) is 4.79 Å². The van der Waals surface area contributed by atoms with E-state index in [-0.39, 0.29) is 17.2 Å². The Morgan fingerprint density at radius 2 is 1.64 bits per heavy atom. The first kappa shape index (κ1) is 39.6. The van der Waals surface area contributed by atoms with E-state index >= 15 is 8.78 Å². The number of nitrogens with zero attached hydrogens (tertiary/aromatic N) is 6. The minimum Gasteiger partial charge on any atom is -0.357 e. The fraction of sp³-hybridized carbons (Fsp3) is 0.500. The molecule has 0 unspecified atom stereocenters. The molecule has 1 aliphatic rings. The van der Waals surface area contributed by atoms with E-state index in [1.807, 2.05) is 26.0 Å². The SMILES string of the molecule is CC.CC(C)=O.CCC.CCCSNc1ccc(F)c(-n2cc(-c3cncnc3)c3nc(N(C)C4CCN(CC)CC4)ccc32)c1F. The summed E-state index contributed by atoms with van der Waals surface area (Å²) < 4.78 is 35.5. The standard InChI is InChI=1S/C28H33F2N7S.C3H6O.C3H8.C2H6/c1-4-14-38-34-23-7-6-22(29)28(26(23)30)37-17-21(19-15-31-18-32-16-19)27-24(37)8-9-25(33-27)35(3)20-10-12-36(5-2)13-11-20;1-3(2)4;1-3-2;1-2/h6-9,15-18,20,34H,4-5,10-14H2,1-3H3;1-2H3;3H2,1-2H3;1-2H3. The zero-order valence-corrected chi connectivity index (χ0v) is 30.4. The summed E-state index contributed by atoms with van der Waals surface area (Å²) in [6.07, 6.45) is 10.9. The lowest BCUT2D eigenvalue weighted by molar-refractivity contribution is -0.115. The zero-order valence-electron chi connectivity index (χ0n) is 29.6. The molecule has 1 saturated heterocycles. The lowest BCUT2D eigenvalue weighted by atomic mass is 10.0. The van der Waals surface area contributed by atoms with Gasteiger partial charge in [0.1, 0.15) is 29.4 Å². The third-order valence-corrected chi connectivity index (χ3v) is 8.19. The van der Waals surface area contributed by atoms with Gasteiger partial charge in [0.05, 0.1) is 16.7 Å². The second kappa shape index (κ2) is 20.6. The molecule has 47 heavy (non-hydrogen) atoms. The molecule has 0 bridgehead atoms. The van der Waals surface area contributed by atoms with Gasteiger partial charge in [0, 0.05) is 61.6 Å². The van der Waals surface area contributed by atoms with Crippen molar-refractivity contribution >= 4 is 40.3 Å². The number of pyridine rings is 1. The van der Waals surface area contributed by atoms with Crippen molar-refractivity contribution in [1.29, 1.82) is 0 Å². The molecule has 11 heteroatoms. The summed E-state index contributed by atoms with van der Waals surface area (Å²) in [5.41, 5.74) is 2.80. The molecule has 0 radical (unpaired) electrons. The van der Waals surface area contributed by atoms with Gasteiger partial charge in [-0.1, -0.05) is 59.9 Å². The van der Waals surface area contributed by atoms with Crippen molar-refractivity contribution < 1.29 is 13.6 Å². The molecule has 1 aromatic carbocycles. The van der Waals surface area contributed by atoms with Gasteiger partial charge in [-0.3, -0.25) is 0 Å². The maximum Gasteiger partial charge on any atom is 0.174 e. The number of anilines is 2. The Balaban J connectivity index is 0.000000769. The van der Waals surface area contributed by atoms with Gasteiger partial charge in [0.2, 0.25) is 0 Å². The molecule has 3 aromatic heterocycles. The molecule has 4 aromatic rings. The predicted molar refractivity (Wildman–Crippen MR) is 196 cm³/mol. The molecule has 0 amide bonds. The molecule has 1 N–H and O–H groups in total. The molecule has 0 atom stereocenters. The number of carbonyl (C=O) groups is 1. The minimum atomic E-state index is -0.648. The molecular weight excluding hydrogens is 617 g/mol. The van der Waals surface area contributed by atoms with Crippen LogP contribution in [0, 0.1) is 11.6 Å². The van der Waals surface area contributed by atoms with Crippen LogP contribution in [0.3, 0.4) is 0 Å². The number of likely N-dealkylation sites (tertiary alicyclic amines) is 1. The third-order valence-electron chi connectivity index (χ3n) is 7.21. The molecular formula is C36H53F2N7OS. The Kier molecular flexibility index (Phi) is 17.4. The third kappa shape index (κ3) is 11.0. The Bertz CT molecular complexity index is 1500. The Morgan fingerprint density at radius 1 is 1.02 bits per heavy atom. The number of hydrogen-bond donors (Lipinski definition) is 1. The number of rotatable bonds is 9. The van der Waals surface area contributed by atoms with Gasteiger partial charge < -0.3 is 23.9 Å². The Hall–Kier alpha value is -3.57. The van der Waals surface area contributed by atoms with Gasteiger partial charge in [0.25, 0.3) is 0 Å². The van der Waals surface area contributed by atoms with Gasteiger partial charge in [-0.2, -0.15) is 0 Å². The number of aromatic nitrogens is 4. The van der Waals surface area contributed by atoms with Crippen LogP contribution in [0.4, 0.5) is 20.3 Å². The van der Waals surface area contributed by atoms with Gasteiger partial charge in [-0.15, -0.1) is 0 Å². The number of piperidine rings is 1. The van der Waals surface area contributed by atoms with Gasteiger partial charge >= 0.3 is 0 Å². The predicted octanol–water partition coefficient (Wildman–Crippen LogP) is 9.19. The van der Waals surface area contributed by atoms with Gasteiger partial charge in [0.15, 0.2) is 5.82 Å². The number of ketones is 1. The fourth-order valence-electron chi connectivity index (χ4n) is 5.01. The number of nitrogens with one attached hydrogen (secondary N) is 1. The lowest BCUT2D eigenvalue weighted by Gasteiger charge is -2.36. The van der Waals surface area contributed by atoms with Crippen LogP contribution >= 0.6 is 11.9 Å². The highest BCUT2D eigenvalue weighted by molar-refractivity contribution is 8.00. The average molecular weight is 670 g/mol. The molecule has 0 aliphatic carbocycles. The van der Waals surface area contributed by atoms with Crippen LogP contribution in [0.15, 0.2) is 49.2 Å². The summed E-state index contributed by atoms with van der Waals surface area (Å²) in [6, 6.07) is 6.94. The van der Waals surface area contributed by atoms with E-state index in [2.05, 4.69) is 59.2 Å². The van der Waals surface area contributed by atoms with Crippen molar-refractivity contribution in [1.82, 2.24) is 24.4 Å². The van der Waals surface area contributed by atoms with Crippen LogP contribution in [-0.4, -0.2) is 68.7 Å². The molecule has 8 nitrogen and oxygen atoms in total. The first-order valence-corrected chi connectivity index (χ1v) is 17.7. The number of Topliss-reactive ketones (excluding diaryl/α,β-unsaturated/α-hetero) is 1. The van der Waals surface area contributed by atoms with E-state index < -0.39 is 11.6 Å². The van der Waals surface area contributed by atoms with Crippen molar-refractivity contribution in [2.45, 2.75) is 87.1 Å². The van der Waals surface area contributed by atoms with Crippen LogP contribution in [0.5, 0.6) is 0 Å². The molecule has 1 fully saturated rings. The highest BCUT2D eigenvalue weighted by Crippen LogP contribution is 2.36. The fourth-order valence-corrected chi connectivity index (χ4v) is 5.63. The van der Waals surface area contributed by atoms with Crippen molar-refractivity contribution in [2.75, 3.05) is 42.1 Å². The summed E-state index contributed by atoms with van der Waals surface area (Å²) in [6.45, 7) is 18.7. The molecule has 4 heterocycles. The van der Waals surface area contributed by atoms with Crippen LogP contribution in [0.25, 0.3) is 27.8 Å². The van der Waals surface area contributed by atoms with Crippen LogP contribution in [0.2, 0.25) is 0 Å². The first-order chi connectivity index (χ1) is 22.7. The highest BCUT2D eigenvalue weighted by atomic mass is 32.2. The topological polar surface area (TPSA) is 79.2 Å². The van der Waals surface area contributed by atoms with E-state index in [1.54, 1.807) is 23.2 Å². The summed E-state index contributed by atoms with van der Waals surface area (Å²) in [5.74, 6) is 0.514. The molecule has 1 aliphatic heterocycles. The Morgan fingerprint density at radius 3 is 2.21 bits per heavy atom. The maximum atomic E-state index is 15.7. The quantitative estimate of drug-likeness (QED) is 0.140. The van der Waals surface area contributed by atoms with Crippen molar-refractivity contribution in [2.24, 2.45) is 0 Å². The van der Waals surface area contributed by atoms with E-state index in [0.29, 0.717) is 22.6 Å². The minimum absolute atomic E-state index is 0.143. The van der Waals surface area contributed by atoms with Crippen LogP contribution in [0.1, 0.15) is 81.1 Å². The number of benzene rings is 1.